The van der Waals surface area contributed by atoms with Crippen molar-refractivity contribution in [3.05, 3.63) is 77.6 Å². The largest absolute Gasteiger partial charge is 0.305 e. The number of rotatable bonds is 4. The lowest BCUT2D eigenvalue weighted by molar-refractivity contribution is 0.570. The average Bonchev–Trinajstić information content (AvgIpc) is 2.52. The first kappa shape index (κ1) is 13.8. The van der Waals surface area contributed by atoms with Crippen LogP contribution in [0.2, 0.25) is 0 Å². The fourth-order valence-corrected chi connectivity index (χ4v) is 2.69. The van der Waals surface area contributed by atoms with Crippen molar-refractivity contribution in [3.63, 3.8) is 0 Å². The maximum Gasteiger partial charge on any atom is 0.0545 e. The molecule has 1 heterocycles. The van der Waals surface area contributed by atoms with Crippen molar-refractivity contribution in [2.75, 3.05) is 0 Å². The van der Waals surface area contributed by atoms with Crippen LogP contribution in [0.5, 0.6) is 0 Å². The van der Waals surface area contributed by atoms with E-state index in [1.165, 1.54) is 16.3 Å². The maximum absolute atomic E-state index is 4.54. The van der Waals surface area contributed by atoms with Gasteiger partial charge in [0.15, 0.2) is 0 Å². The van der Waals surface area contributed by atoms with Crippen molar-refractivity contribution in [1.82, 2.24) is 10.3 Å². The molecule has 0 unspecified atom stereocenters. The Labute approximate surface area is 125 Å². The van der Waals surface area contributed by atoms with Crippen LogP contribution in [0.15, 0.2) is 60.7 Å². The van der Waals surface area contributed by atoms with Gasteiger partial charge in [0.05, 0.1) is 5.69 Å². The summed E-state index contributed by atoms with van der Waals surface area (Å²) in [5.74, 6) is 0. The second-order valence-corrected chi connectivity index (χ2v) is 5.44. The highest BCUT2D eigenvalue weighted by Gasteiger charge is 2.08. The molecule has 0 amide bonds. The highest BCUT2D eigenvalue weighted by molar-refractivity contribution is 5.86. The molecule has 0 spiro atoms. The molecule has 1 aromatic heterocycles. The van der Waals surface area contributed by atoms with E-state index in [0.29, 0.717) is 6.04 Å². The van der Waals surface area contributed by atoms with E-state index >= 15 is 0 Å². The standard InChI is InChI=1S/C19H20N2/c1-14-7-5-10-17(21-14)13-20-15(2)18-12-6-9-16-8-3-4-11-19(16)18/h3-12,15,20H,13H2,1-2H3/t15-/m1/s1. The molecule has 1 N–H and O–H groups in total. The van der Waals surface area contributed by atoms with Crippen molar-refractivity contribution < 1.29 is 0 Å². The van der Waals surface area contributed by atoms with Gasteiger partial charge in [-0.1, -0.05) is 48.5 Å². The number of aromatic nitrogens is 1. The van der Waals surface area contributed by atoms with Crippen LogP contribution in [-0.4, -0.2) is 4.98 Å². The lowest BCUT2D eigenvalue weighted by Crippen LogP contribution is -2.19. The summed E-state index contributed by atoms with van der Waals surface area (Å²) in [6, 6.07) is 21.5. The number of hydrogen-bond acceptors (Lipinski definition) is 2. The minimum atomic E-state index is 0.290. The molecule has 1 atom stereocenters. The zero-order valence-electron chi connectivity index (χ0n) is 12.5. The Bertz CT molecular complexity index is 744. The summed E-state index contributed by atoms with van der Waals surface area (Å²) < 4.78 is 0. The number of fused-ring (bicyclic) bond motifs is 1. The van der Waals surface area contributed by atoms with E-state index in [1.807, 2.05) is 13.0 Å². The van der Waals surface area contributed by atoms with E-state index in [9.17, 15) is 0 Å². The summed E-state index contributed by atoms with van der Waals surface area (Å²) in [5.41, 5.74) is 3.48. The monoisotopic (exact) mass is 276 g/mol. The summed E-state index contributed by atoms with van der Waals surface area (Å²) in [6.45, 7) is 5.02. The lowest BCUT2D eigenvalue weighted by atomic mass is 10.00. The smallest absolute Gasteiger partial charge is 0.0545 e. The Morgan fingerprint density at radius 1 is 0.952 bits per heavy atom. The molecule has 3 rings (SSSR count). The zero-order valence-corrected chi connectivity index (χ0v) is 12.5. The minimum Gasteiger partial charge on any atom is -0.305 e. The maximum atomic E-state index is 4.54. The summed E-state index contributed by atoms with van der Waals surface area (Å²) in [5, 5.41) is 6.18. The number of nitrogens with zero attached hydrogens (tertiary/aromatic N) is 1. The molecule has 0 aliphatic heterocycles. The first-order chi connectivity index (χ1) is 10.2. The van der Waals surface area contributed by atoms with E-state index in [2.05, 4.69) is 71.8 Å². The topological polar surface area (TPSA) is 24.9 Å². The molecule has 2 nitrogen and oxygen atoms in total. The quantitative estimate of drug-likeness (QED) is 0.764. The minimum absolute atomic E-state index is 0.290. The Morgan fingerprint density at radius 3 is 2.57 bits per heavy atom. The van der Waals surface area contributed by atoms with Crippen molar-refractivity contribution in [3.8, 4) is 0 Å². The van der Waals surface area contributed by atoms with Crippen LogP contribution in [0.3, 0.4) is 0 Å². The SMILES string of the molecule is Cc1cccc(CN[C@H](C)c2cccc3ccccc23)n1. The van der Waals surface area contributed by atoms with Crippen molar-refractivity contribution in [1.29, 1.82) is 0 Å². The molecule has 0 saturated heterocycles. The molecule has 0 fully saturated rings. The third-order valence-corrected chi connectivity index (χ3v) is 3.83. The van der Waals surface area contributed by atoms with Gasteiger partial charge >= 0.3 is 0 Å². The van der Waals surface area contributed by atoms with Gasteiger partial charge in [-0.25, -0.2) is 0 Å². The molecule has 0 aliphatic carbocycles. The highest BCUT2D eigenvalue weighted by Crippen LogP contribution is 2.24. The van der Waals surface area contributed by atoms with Gasteiger partial charge in [-0.3, -0.25) is 4.98 Å². The fraction of sp³-hybridized carbons (Fsp3) is 0.211. The molecule has 106 valence electrons. The Kier molecular flexibility index (Phi) is 3.98. The molecular formula is C19H20N2. The molecular weight excluding hydrogens is 256 g/mol. The Morgan fingerprint density at radius 2 is 1.71 bits per heavy atom. The van der Waals surface area contributed by atoms with Crippen molar-refractivity contribution >= 4 is 10.8 Å². The molecule has 0 aliphatic rings. The number of hydrogen-bond donors (Lipinski definition) is 1. The molecule has 21 heavy (non-hydrogen) atoms. The predicted octanol–water partition coefficient (Wildman–Crippen LogP) is 4.39. The molecule has 3 aromatic rings. The Balaban J connectivity index is 1.79. The third kappa shape index (κ3) is 3.11. The Hall–Kier alpha value is -2.19. The van der Waals surface area contributed by atoms with E-state index in [4.69, 9.17) is 0 Å². The van der Waals surface area contributed by atoms with Gasteiger partial charge in [0.25, 0.3) is 0 Å². The normalized spacial score (nSPS) is 12.5. The van der Waals surface area contributed by atoms with Crippen molar-refractivity contribution in [2.45, 2.75) is 26.4 Å². The number of pyridine rings is 1. The zero-order chi connectivity index (χ0) is 14.7. The van der Waals surface area contributed by atoms with Crippen LogP contribution in [0.25, 0.3) is 10.8 Å². The van der Waals surface area contributed by atoms with Crippen LogP contribution < -0.4 is 5.32 Å². The number of nitrogens with one attached hydrogen (secondary N) is 1. The van der Waals surface area contributed by atoms with Crippen LogP contribution >= 0.6 is 0 Å². The van der Waals surface area contributed by atoms with E-state index < -0.39 is 0 Å². The van der Waals surface area contributed by atoms with Crippen molar-refractivity contribution in [2.24, 2.45) is 0 Å². The predicted molar refractivity (Wildman–Crippen MR) is 88.2 cm³/mol. The summed E-state index contributed by atoms with van der Waals surface area (Å²) >= 11 is 0. The van der Waals surface area contributed by atoms with Gasteiger partial charge in [0.1, 0.15) is 0 Å². The fourth-order valence-electron chi connectivity index (χ4n) is 2.69. The van der Waals surface area contributed by atoms with E-state index in [1.54, 1.807) is 0 Å². The van der Waals surface area contributed by atoms with Gasteiger partial charge in [0.2, 0.25) is 0 Å². The van der Waals surface area contributed by atoms with Crippen LogP contribution in [0.1, 0.15) is 29.9 Å². The number of aryl methyl sites for hydroxylation is 1. The van der Waals surface area contributed by atoms with Gasteiger partial charge in [-0.05, 0) is 42.3 Å². The van der Waals surface area contributed by atoms with Gasteiger partial charge in [-0.2, -0.15) is 0 Å². The molecule has 0 saturated carbocycles. The van der Waals surface area contributed by atoms with Gasteiger partial charge in [-0.15, -0.1) is 0 Å². The highest BCUT2D eigenvalue weighted by atomic mass is 14.9. The average molecular weight is 276 g/mol. The van der Waals surface area contributed by atoms with E-state index in [0.717, 1.165) is 17.9 Å². The lowest BCUT2D eigenvalue weighted by Gasteiger charge is -2.16. The summed E-state index contributed by atoms with van der Waals surface area (Å²) in [6.07, 6.45) is 0. The van der Waals surface area contributed by atoms with Crippen LogP contribution in [0.4, 0.5) is 0 Å². The van der Waals surface area contributed by atoms with Gasteiger partial charge in [0, 0.05) is 18.3 Å². The second kappa shape index (κ2) is 6.06. The molecule has 0 bridgehead atoms. The molecule has 0 radical (unpaired) electrons. The summed E-state index contributed by atoms with van der Waals surface area (Å²) in [7, 11) is 0. The molecule has 2 aromatic carbocycles. The van der Waals surface area contributed by atoms with Gasteiger partial charge < -0.3 is 5.32 Å². The number of benzene rings is 2. The van der Waals surface area contributed by atoms with Crippen LogP contribution in [0, 0.1) is 6.92 Å². The first-order valence-corrected chi connectivity index (χ1v) is 7.37. The van der Waals surface area contributed by atoms with Crippen LogP contribution in [-0.2, 0) is 6.54 Å². The second-order valence-electron chi connectivity index (χ2n) is 5.44. The summed E-state index contributed by atoms with van der Waals surface area (Å²) in [4.78, 5) is 4.54. The first-order valence-electron chi connectivity index (χ1n) is 7.37. The molecule has 2 heteroatoms. The third-order valence-electron chi connectivity index (χ3n) is 3.83. The van der Waals surface area contributed by atoms with E-state index in [-0.39, 0.29) is 0 Å².